The molecule has 1 N–H and O–H groups in total. The van der Waals surface area contributed by atoms with Crippen LogP contribution in [0.4, 0.5) is 10.6 Å². The summed E-state index contributed by atoms with van der Waals surface area (Å²) in [6, 6.07) is 0.235. The molecule has 0 aliphatic carbocycles. The number of aromatic nitrogens is 2. The fraction of sp³-hybridized carbons (Fsp3) is 0.667. The first-order chi connectivity index (χ1) is 12.7. The molecule has 0 saturated carbocycles. The molecule has 8 nitrogen and oxygen atoms in total. The Labute approximate surface area is 153 Å². The number of carbonyl (C=O) groups excluding carboxylic acids is 2. The van der Waals surface area contributed by atoms with Gasteiger partial charge in [0.05, 0.1) is 19.0 Å². The van der Waals surface area contributed by atoms with Crippen molar-refractivity contribution in [2.24, 2.45) is 0 Å². The van der Waals surface area contributed by atoms with E-state index in [1.165, 1.54) is 6.42 Å². The van der Waals surface area contributed by atoms with E-state index >= 15 is 0 Å². The van der Waals surface area contributed by atoms with Gasteiger partial charge in [-0.25, -0.2) is 14.8 Å². The van der Waals surface area contributed by atoms with Gasteiger partial charge in [0.25, 0.3) is 5.91 Å². The minimum absolute atomic E-state index is 0.0357. The van der Waals surface area contributed by atoms with Crippen molar-refractivity contribution in [3.05, 3.63) is 18.1 Å². The Balaban J connectivity index is 1.49. The van der Waals surface area contributed by atoms with Crippen LogP contribution in [0.5, 0.6) is 0 Å². The molecule has 1 aromatic rings. The number of ether oxygens (including phenoxy) is 1. The van der Waals surface area contributed by atoms with Crippen LogP contribution in [-0.2, 0) is 4.74 Å². The molecule has 26 heavy (non-hydrogen) atoms. The first-order valence-corrected chi connectivity index (χ1v) is 9.47. The van der Waals surface area contributed by atoms with Crippen LogP contribution in [0.1, 0.15) is 49.5 Å². The van der Waals surface area contributed by atoms with Gasteiger partial charge in [-0.15, -0.1) is 0 Å². The van der Waals surface area contributed by atoms with E-state index in [4.69, 9.17) is 4.74 Å². The van der Waals surface area contributed by atoms with Gasteiger partial charge in [-0.05, 0) is 39.0 Å². The van der Waals surface area contributed by atoms with E-state index in [0.717, 1.165) is 38.8 Å². The lowest BCUT2D eigenvalue weighted by Crippen LogP contribution is -2.42. The highest BCUT2D eigenvalue weighted by Crippen LogP contribution is 2.16. The van der Waals surface area contributed by atoms with Crippen molar-refractivity contribution < 1.29 is 14.3 Å². The number of hydrogen-bond donors (Lipinski definition) is 1. The number of amides is 2. The Morgan fingerprint density at radius 1 is 1.08 bits per heavy atom. The van der Waals surface area contributed by atoms with E-state index in [1.807, 2.05) is 11.8 Å². The Kier molecular flexibility index (Phi) is 6.25. The summed E-state index contributed by atoms with van der Waals surface area (Å²) in [5.41, 5.74) is 0.398. The molecule has 2 fully saturated rings. The van der Waals surface area contributed by atoms with Gasteiger partial charge >= 0.3 is 6.09 Å². The van der Waals surface area contributed by atoms with Crippen molar-refractivity contribution in [2.75, 3.05) is 38.1 Å². The van der Waals surface area contributed by atoms with Crippen molar-refractivity contribution >= 4 is 17.8 Å². The number of piperidine rings is 2. The van der Waals surface area contributed by atoms with Crippen molar-refractivity contribution in [3.63, 3.8) is 0 Å². The molecule has 0 atom stereocenters. The minimum atomic E-state index is -0.244. The highest BCUT2D eigenvalue weighted by atomic mass is 16.6. The summed E-state index contributed by atoms with van der Waals surface area (Å²) < 4.78 is 5.03. The predicted octanol–water partition coefficient (Wildman–Crippen LogP) is 2.14. The van der Waals surface area contributed by atoms with Gasteiger partial charge < -0.3 is 19.9 Å². The predicted molar refractivity (Wildman–Crippen MR) is 97.0 cm³/mol. The second-order valence-corrected chi connectivity index (χ2v) is 6.74. The monoisotopic (exact) mass is 361 g/mol. The zero-order chi connectivity index (χ0) is 18.4. The molecule has 142 valence electrons. The molecule has 2 saturated heterocycles. The van der Waals surface area contributed by atoms with Gasteiger partial charge in [0.1, 0.15) is 11.5 Å². The lowest BCUT2D eigenvalue weighted by Gasteiger charge is -2.31. The van der Waals surface area contributed by atoms with Crippen LogP contribution >= 0.6 is 0 Å². The fourth-order valence-corrected chi connectivity index (χ4v) is 3.40. The molecule has 8 heteroatoms. The molecule has 0 radical (unpaired) electrons. The smallest absolute Gasteiger partial charge is 0.409 e. The lowest BCUT2D eigenvalue weighted by atomic mass is 10.1. The van der Waals surface area contributed by atoms with E-state index in [2.05, 4.69) is 15.3 Å². The Hall–Kier alpha value is -2.38. The van der Waals surface area contributed by atoms with Gasteiger partial charge in [-0.2, -0.15) is 0 Å². The maximum Gasteiger partial charge on any atom is 0.409 e. The zero-order valence-electron chi connectivity index (χ0n) is 15.3. The molecular weight excluding hydrogens is 334 g/mol. The van der Waals surface area contributed by atoms with Crippen LogP contribution in [0.2, 0.25) is 0 Å². The van der Waals surface area contributed by atoms with E-state index in [-0.39, 0.29) is 18.0 Å². The number of rotatable bonds is 4. The summed E-state index contributed by atoms with van der Waals surface area (Å²) in [4.78, 5) is 36.3. The largest absolute Gasteiger partial charge is 0.450 e. The average Bonchev–Trinajstić information content (AvgIpc) is 2.69. The van der Waals surface area contributed by atoms with Crippen LogP contribution in [0.15, 0.2) is 12.4 Å². The minimum Gasteiger partial charge on any atom is -0.450 e. The van der Waals surface area contributed by atoms with E-state index in [1.54, 1.807) is 17.3 Å². The molecular formula is C18H27N5O3. The summed E-state index contributed by atoms with van der Waals surface area (Å²) in [6.45, 7) is 5.14. The number of likely N-dealkylation sites (tertiary alicyclic amines) is 2. The number of anilines is 1. The van der Waals surface area contributed by atoms with Crippen LogP contribution in [0, 0.1) is 0 Å². The molecule has 0 spiro atoms. The van der Waals surface area contributed by atoms with Gasteiger partial charge in [0.2, 0.25) is 0 Å². The Bertz CT molecular complexity index is 608. The molecule has 0 unspecified atom stereocenters. The lowest BCUT2D eigenvalue weighted by molar-refractivity contribution is 0.0718. The maximum absolute atomic E-state index is 12.4. The van der Waals surface area contributed by atoms with Crippen molar-refractivity contribution in [1.29, 1.82) is 0 Å². The zero-order valence-corrected chi connectivity index (χ0v) is 15.3. The van der Waals surface area contributed by atoms with Crippen LogP contribution < -0.4 is 5.32 Å². The van der Waals surface area contributed by atoms with Gasteiger partial charge in [0.15, 0.2) is 0 Å². The molecule has 0 bridgehead atoms. The summed E-state index contributed by atoms with van der Waals surface area (Å²) in [5.74, 6) is 0.626. The van der Waals surface area contributed by atoms with Gasteiger partial charge in [-0.3, -0.25) is 4.79 Å². The van der Waals surface area contributed by atoms with Crippen LogP contribution in [-0.4, -0.2) is 70.6 Å². The second kappa shape index (κ2) is 8.82. The first kappa shape index (κ1) is 18.4. The fourth-order valence-electron chi connectivity index (χ4n) is 3.40. The van der Waals surface area contributed by atoms with E-state index < -0.39 is 0 Å². The van der Waals surface area contributed by atoms with E-state index in [0.29, 0.717) is 31.2 Å². The average molecular weight is 361 g/mol. The SMILES string of the molecule is CCOC(=O)N1CCC(Nc2cnc(C(=O)N3CCCCC3)cn2)CC1. The standard InChI is InChI=1S/C18H27N5O3/c1-2-26-18(25)23-10-6-14(7-11-23)21-16-13-19-15(12-20-16)17(24)22-8-4-3-5-9-22/h12-14H,2-11H2,1H3,(H,20,21). The third-order valence-corrected chi connectivity index (χ3v) is 4.89. The van der Waals surface area contributed by atoms with Gasteiger partial charge in [0, 0.05) is 32.2 Å². The third kappa shape index (κ3) is 4.62. The quantitative estimate of drug-likeness (QED) is 0.884. The third-order valence-electron chi connectivity index (χ3n) is 4.89. The first-order valence-electron chi connectivity index (χ1n) is 9.47. The van der Waals surface area contributed by atoms with Crippen LogP contribution in [0.25, 0.3) is 0 Å². The summed E-state index contributed by atoms with van der Waals surface area (Å²) in [7, 11) is 0. The topological polar surface area (TPSA) is 87.7 Å². The van der Waals surface area contributed by atoms with Crippen molar-refractivity contribution in [1.82, 2.24) is 19.8 Å². The summed E-state index contributed by atoms with van der Waals surface area (Å²) >= 11 is 0. The molecule has 3 rings (SSSR count). The van der Waals surface area contributed by atoms with Gasteiger partial charge in [-0.1, -0.05) is 0 Å². The molecule has 2 aliphatic rings. The van der Waals surface area contributed by atoms with Crippen molar-refractivity contribution in [2.45, 2.75) is 45.1 Å². The number of hydrogen-bond acceptors (Lipinski definition) is 6. The number of nitrogens with one attached hydrogen (secondary N) is 1. The molecule has 2 aliphatic heterocycles. The number of carbonyl (C=O) groups is 2. The second-order valence-electron chi connectivity index (χ2n) is 6.74. The Morgan fingerprint density at radius 3 is 2.42 bits per heavy atom. The van der Waals surface area contributed by atoms with Crippen LogP contribution in [0.3, 0.4) is 0 Å². The molecule has 0 aromatic carbocycles. The normalized spacial score (nSPS) is 18.5. The Morgan fingerprint density at radius 2 is 1.81 bits per heavy atom. The van der Waals surface area contributed by atoms with Crippen molar-refractivity contribution in [3.8, 4) is 0 Å². The summed E-state index contributed by atoms with van der Waals surface area (Å²) in [6.07, 6.45) is 7.89. The summed E-state index contributed by atoms with van der Waals surface area (Å²) in [5, 5.41) is 3.34. The number of nitrogens with zero attached hydrogens (tertiary/aromatic N) is 4. The highest BCUT2D eigenvalue weighted by molar-refractivity contribution is 5.92. The van der Waals surface area contributed by atoms with E-state index in [9.17, 15) is 9.59 Å². The molecule has 1 aromatic heterocycles. The molecule has 2 amide bonds. The highest BCUT2D eigenvalue weighted by Gasteiger charge is 2.24. The molecule has 3 heterocycles. The maximum atomic E-state index is 12.4.